The first kappa shape index (κ1) is 18.7. The predicted molar refractivity (Wildman–Crippen MR) is 119 cm³/mol. The Kier molecular flexibility index (Phi) is 4.55. The molecule has 7 heteroatoms. The van der Waals surface area contributed by atoms with Crippen LogP contribution >= 0.6 is 0 Å². The highest BCUT2D eigenvalue weighted by Crippen LogP contribution is 2.23. The summed E-state index contributed by atoms with van der Waals surface area (Å²) in [4.78, 5) is 12.8. The summed E-state index contributed by atoms with van der Waals surface area (Å²) in [5.74, 6) is 0. The smallest absolute Gasteiger partial charge is 0.209 e. The van der Waals surface area contributed by atoms with Crippen molar-refractivity contribution in [2.24, 2.45) is 0 Å². The second kappa shape index (κ2) is 7.53. The largest absolute Gasteiger partial charge is 0.287 e. The van der Waals surface area contributed by atoms with Crippen molar-refractivity contribution in [2.45, 2.75) is 13.8 Å². The Labute approximate surface area is 178 Å². The molecule has 0 aliphatic heterocycles. The van der Waals surface area contributed by atoms with Gasteiger partial charge in [0.15, 0.2) is 5.69 Å². The normalized spacial score (nSPS) is 11.0. The molecular weight excluding hydrogens is 388 g/mol. The van der Waals surface area contributed by atoms with Crippen molar-refractivity contribution in [3.63, 3.8) is 0 Å². The third kappa shape index (κ3) is 3.36. The fraction of sp³-hybridized carbons (Fsp3) is 0.0833. The number of benzene rings is 2. The van der Waals surface area contributed by atoms with E-state index in [1.54, 1.807) is 34.0 Å². The van der Waals surface area contributed by atoms with Gasteiger partial charge in [-0.2, -0.15) is 15.3 Å². The number of aryl methyl sites for hydroxylation is 2. The summed E-state index contributed by atoms with van der Waals surface area (Å²) < 4.78 is 5.31. The molecule has 3 aromatic heterocycles. The molecule has 0 bridgehead atoms. The van der Waals surface area contributed by atoms with E-state index in [1.807, 2.05) is 79.3 Å². The van der Waals surface area contributed by atoms with Crippen molar-refractivity contribution in [1.82, 2.24) is 29.3 Å². The lowest BCUT2D eigenvalue weighted by molar-refractivity contribution is 0.815. The van der Waals surface area contributed by atoms with Crippen LogP contribution in [0.15, 0.2) is 90.2 Å². The number of nitrogens with zero attached hydrogens (tertiary/aromatic N) is 6. The minimum Gasteiger partial charge on any atom is -0.287 e. The Morgan fingerprint density at radius 2 is 1.61 bits per heavy atom. The van der Waals surface area contributed by atoms with Crippen LogP contribution in [0.4, 0.5) is 0 Å². The Balaban J connectivity index is 1.62. The summed E-state index contributed by atoms with van der Waals surface area (Å²) in [7, 11) is 0. The maximum Gasteiger partial charge on any atom is 0.209 e. The van der Waals surface area contributed by atoms with Gasteiger partial charge in [0, 0.05) is 24.7 Å². The molecule has 0 aliphatic carbocycles. The number of para-hydroxylation sites is 1. The van der Waals surface area contributed by atoms with Crippen LogP contribution in [-0.4, -0.2) is 29.3 Å². The van der Waals surface area contributed by atoms with Crippen LogP contribution in [0.3, 0.4) is 0 Å². The third-order valence-corrected chi connectivity index (χ3v) is 5.18. The first-order chi connectivity index (χ1) is 15.1. The van der Waals surface area contributed by atoms with E-state index in [-0.39, 0.29) is 5.43 Å². The molecule has 0 fully saturated rings. The molecule has 0 spiro atoms. The van der Waals surface area contributed by atoms with Crippen molar-refractivity contribution in [3.8, 4) is 28.5 Å². The molecule has 0 aliphatic rings. The standard InChI is InChI=1S/C24H20N6O/c1-17-15-20(28-13-6-12-25-28)9-10-21(17)29-14-11-22(31)23(27-29)24-18(2)16-26-30(24)19-7-4-3-5-8-19/h3-16H,1-2H3. The molecule has 31 heavy (non-hydrogen) atoms. The first-order valence-electron chi connectivity index (χ1n) is 9.93. The lowest BCUT2D eigenvalue weighted by atomic mass is 10.1. The molecule has 152 valence electrons. The molecule has 0 atom stereocenters. The highest BCUT2D eigenvalue weighted by Gasteiger charge is 2.17. The number of aromatic nitrogens is 6. The fourth-order valence-corrected chi connectivity index (χ4v) is 3.65. The molecule has 0 amide bonds. The fourth-order valence-electron chi connectivity index (χ4n) is 3.65. The Morgan fingerprint density at radius 3 is 2.35 bits per heavy atom. The predicted octanol–water partition coefficient (Wildman–Crippen LogP) is 3.89. The molecule has 5 rings (SSSR count). The average molecular weight is 408 g/mol. The second-order valence-corrected chi connectivity index (χ2v) is 7.32. The van der Waals surface area contributed by atoms with Gasteiger partial charge in [0.25, 0.3) is 0 Å². The highest BCUT2D eigenvalue weighted by molar-refractivity contribution is 5.61. The van der Waals surface area contributed by atoms with Gasteiger partial charge in [0.05, 0.1) is 23.3 Å². The van der Waals surface area contributed by atoms with Crippen LogP contribution in [-0.2, 0) is 0 Å². The van der Waals surface area contributed by atoms with Crippen molar-refractivity contribution >= 4 is 0 Å². The number of hydrogen-bond donors (Lipinski definition) is 0. The summed E-state index contributed by atoms with van der Waals surface area (Å²) in [5.41, 5.74) is 5.53. The van der Waals surface area contributed by atoms with Crippen LogP contribution in [0.25, 0.3) is 28.5 Å². The lowest BCUT2D eigenvalue weighted by Gasteiger charge is -2.13. The Bertz CT molecular complexity index is 1410. The van der Waals surface area contributed by atoms with Gasteiger partial charge in [-0.15, -0.1) is 0 Å². The lowest BCUT2D eigenvalue weighted by Crippen LogP contribution is -2.16. The minimum absolute atomic E-state index is 0.150. The van der Waals surface area contributed by atoms with Gasteiger partial charge in [-0.1, -0.05) is 18.2 Å². The first-order valence-corrected chi connectivity index (χ1v) is 9.93. The van der Waals surface area contributed by atoms with Gasteiger partial charge in [0.1, 0.15) is 5.69 Å². The van der Waals surface area contributed by atoms with Gasteiger partial charge >= 0.3 is 0 Å². The molecule has 2 aromatic carbocycles. The zero-order valence-electron chi connectivity index (χ0n) is 17.2. The minimum atomic E-state index is -0.150. The zero-order valence-corrected chi connectivity index (χ0v) is 17.2. The molecule has 3 heterocycles. The second-order valence-electron chi connectivity index (χ2n) is 7.32. The Hall–Kier alpha value is -4.26. The maximum atomic E-state index is 12.8. The van der Waals surface area contributed by atoms with Crippen molar-refractivity contribution < 1.29 is 0 Å². The van der Waals surface area contributed by atoms with Crippen LogP contribution in [0.2, 0.25) is 0 Å². The summed E-state index contributed by atoms with van der Waals surface area (Å²) in [5, 5.41) is 13.5. The Morgan fingerprint density at radius 1 is 0.774 bits per heavy atom. The van der Waals surface area contributed by atoms with Gasteiger partial charge < -0.3 is 0 Å². The van der Waals surface area contributed by atoms with E-state index >= 15 is 0 Å². The van der Waals surface area contributed by atoms with Gasteiger partial charge in [0.2, 0.25) is 5.43 Å². The number of hydrogen-bond acceptors (Lipinski definition) is 4. The molecule has 0 radical (unpaired) electrons. The number of rotatable bonds is 4. The molecule has 7 nitrogen and oxygen atoms in total. The van der Waals surface area contributed by atoms with Crippen molar-refractivity contribution in [2.75, 3.05) is 0 Å². The summed E-state index contributed by atoms with van der Waals surface area (Å²) in [6.45, 7) is 3.95. The molecule has 0 unspecified atom stereocenters. The van der Waals surface area contributed by atoms with Gasteiger partial charge in [-0.05, 0) is 61.4 Å². The summed E-state index contributed by atoms with van der Waals surface area (Å²) >= 11 is 0. The highest BCUT2D eigenvalue weighted by atomic mass is 16.1. The quantitative estimate of drug-likeness (QED) is 0.452. The van der Waals surface area contributed by atoms with E-state index in [1.165, 1.54) is 0 Å². The molecule has 5 aromatic rings. The van der Waals surface area contributed by atoms with E-state index in [2.05, 4.69) is 10.2 Å². The van der Waals surface area contributed by atoms with Crippen molar-refractivity contribution in [3.05, 3.63) is 107 Å². The molecule has 0 saturated heterocycles. The molecule has 0 N–H and O–H groups in total. The van der Waals surface area contributed by atoms with Crippen LogP contribution in [0, 0.1) is 13.8 Å². The molecule has 0 saturated carbocycles. The van der Waals surface area contributed by atoms with Crippen LogP contribution in [0.1, 0.15) is 11.1 Å². The summed E-state index contributed by atoms with van der Waals surface area (Å²) in [6, 6.07) is 19.2. The van der Waals surface area contributed by atoms with E-state index in [4.69, 9.17) is 5.10 Å². The SMILES string of the molecule is Cc1cc(-n2cccn2)ccc1-n1ccc(=O)c(-c2c(C)cnn2-c2ccccc2)n1. The maximum absolute atomic E-state index is 12.8. The van der Waals surface area contributed by atoms with Crippen LogP contribution in [0.5, 0.6) is 0 Å². The van der Waals surface area contributed by atoms with E-state index in [0.717, 1.165) is 28.2 Å². The van der Waals surface area contributed by atoms with E-state index < -0.39 is 0 Å². The average Bonchev–Trinajstić information content (AvgIpc) is 3.45. The van der Waals surface area contributed by atoms with Gasteiger partial charge in [-0.3, -0.25) is 4.79 Å². The van der Waals surface area contributed by atoms with Crippen molar-refractivity contribution in [1.29, 1.82) is 0 Å². The topological polar surface area (TPSA) is 70.5 Å². The molecular formula is C24H20N6O. The van der Waals surface area contributed by atoms with Gasteiger partial charge in [-0.25, -0.2) is 14.0 Å². The monoisotopic (exact) mass is 408 g/mol. The van der Waals surface area contributed by atoms with Crippen LogP contribution < -0.4 is 5.43 Å². The zero-order chi connectivity index (χ0) is 21.4. The summed E-state index contributed by atoms with van der Waals surface area (Å²) in [6.07, 6.45) is 7.10. The third-order valence-electron chi connectivity index (χ3n) is 5.18. The van der Waals surface area contributed by atoms with E-state index in [0.29, 0.717) is 11.4 Å². The van der Waals surface area contributed by atoms with E-state index in [9.17, 15) is 4.79 Å².